The number of hydrogen-bond donors (Lipinski definition) is 2. The molecule has 2 N–H and O–H groups in total. The maximum atomic E-state index is 5.38. The third-order valence-electron chi connectivity index (χ3n) is 5.33. The molecule has 2 aliphatic rings. The number of aliphatic imine (C=N–C) groups is 1. The van der Waals surface area contributed by atoms with Crippen molar-refractivity contribution in [2.75, 3.05) is 45.9 Å². The Morgan fingerprint density at radius 2 is 1.96 bits per heavy atom. The molecule has 1 saturated heterocycles. The van der Waals surface area contributed by atoms with E-state index in [0.29, 0.717) is 6.04 Å². The molecule has 0 radical (unpaired) electrons. The van der Waals surface area contributed by atoms with Gasteiger partial charge < -0.3 is 15.4 Å². The molecule has 1 atom stereocenters. The summed E-state index contributed by atoms with van der Waals surface area (Å²) in [7, 11) is 0. The van der Waals surface area contributed by atoms with Crippen LogP contribution in [0.2, 0.25) is 0 Å². The van der Waals surface area contributed by atoms with E-state index in [1.54, 1.807) is 0 Å². The van der Waals surface area contributed by atoms with Gasteiger partial charge in [0.15, 0.2) is 5.96 Å². The molecule has 0 spiro atoms. The van der Waals surface area contributed by atoms with Crippen molar-refractivity contribution in [1.29, 1.82) is 0 Å². The highest BCUT2D eigenvalue weighted by atomic mass is 127. The SMILES string of the molecule is CCNC(=NCC(c1ccccc1)N1CCCC1)NCCC1=CCOCC1.I. The Hall–Kier alpha value is -1.12. The van der Waals surface area contributed by atoms with Crippen molar-refractivity contribution in [2.24, 2.45) is 4.99 Å². The Kier molecular flexibility index (Phi) is 10.9. The van der Waals surface area contributed by atoms with Crippen molar-refractivity contribution in [3.63, 3.8) is 0 Å². The second-order valence-corrected chi connectivity index (χ2v) is 7.25. The Bertz CT molecular complexity index is 614. The van der Waals surface area contributed by atoms with Gasteiger partial charge in [-0.05, 0) is 51.3 Å². The number of nitrogens with one attached hydrogen (secondary N) is 2. The maximum Gasteiger partial charge on any atom is 0.191 e. The maximum absolute atomic E-state index is 5.38. The van der Waals surface area contributed by atoms with Gasteiger partial charge in [-0.25, -0.2) is 0 Å². The standard InChI is InChI=1S/C22H34N4O.HI/c1-2-23-22(24-13-10-19-11-16-27-17-12-19)25-18-21(26-14-6-7-15-26)20-8-4-3-5-9-20;/h3-5,8-9,11,21H,2,6-7,10,12-18H2,1H3,(H2,23,24,25);1H. The Balaban J connectivity index is 0.00000280. The predicted molar refractivity (Wildman–Crippen MR) is 128 cm³/mol. The zero-order chi connectivity index (χ0) is 18.7. The number of likely N-dealkylation sites (tertiary alicyclic amines) is 1. The number of rotatable bonds is 8. The normalized spacial score (nSPS) is 18.9. The Morgan fingerprint density at radius 3 is 2.64 bits per heavy atom. The molecule has 2 aliphatic heterocycles. The first-order chi connectivity index (χ1) is 13.4. The molecule has 28 heavy (non-hydrogen) atoms. The summed E-state index contributed by atoms with van der Waals surface area (Å²) in [6.45, 7) is 8.67. The van der Waals surface area contributed by atoms with Crippen molar-refractivity contribution >= 4 is 29.9 Å². The molecular weight excluding hydrogens is 463 g/mol. The van der Waals surface area contributed by atoms with Gasteiger partial charge in [0.1, 0.15) is 0 Å². The fourth-order valence-electron chi connectivity index (χ4n) is 3.81. The highest BCUT2D eigenvalue weighted by molar-refractivity contribution is 14.0. The number of benzene rings is 1. The molecule has 0 saturated carbocycles. The van der Waals surface area contributed by atoms with E-state index >= 15 is 0 Å². The van der Waals surface area contributed by atoms with E-state index in [1.165, 1.54) is 37.1 Å². The van der Waals surface area contributed by atoms with Crippen molar-refractivity contribution in [1.82, 2.24) is 15.5 Å². The van der Waals surface area contributed by atoms with Gasteiger partial charge in [0.2, 0.25) is 0 Å². The van der Waals surface area contributed by atoms with Crippen LogP contribution in [0.1, 0.15) is 44.2 Å². The molecule has 2 heterocycles. The number of guanidine groups is 1. The van der Waals surface area contributed by atoms with Crippen molar-refractivity contribution < 1.29 is 4.74 Å². The summed E-state index contributed by atoms with van der Waals surface area (Å²) in [5.41, 5.74) is 2.86. The molecule has 1 aromatic rings. The monoisotopic (exact) mass is 498 g/mol. The number of hydrogen-bond acceptors (Lipinski definition) is 3. The van der Waals surface area contributed by atoms with Gasteiger partial charge in [0.25, 0.3) is 0 Å². The summed E-state index contributed by atoms with van der Waals surface area (Å²) in [6, 6.07) is 11.2. The minimum Gasteiger partial charge on any atom is -0.377 e. The summed E-state index contributed by atoms with van der Waals surface area (Å²) < 4.78 is 5.38. The number of halogens is 1. The summed E-state index contributed by atoms with van der Waals surface area (Å²) in [6.07, 6.45) is 6.92. The largest absolute Gasteiger partial charge is 0.377 e. The van der Waals surface area contributed by atoms with Crippen LogP contribution in [-0.2, 0) is 4.74 Å². The first kappa shape index (κ1) is 23.2. The molecule has 0 aliphatic carbocycles. The average molecular weight is 498 g/mol. The van der Waals surface area contributed by atoms with Crippen LogP contribution in [0.4, 0.5) is 0 Å². The lowest BCUT2D eigenvalue weighted by Gasteiger charge is -2.27. The van der Waals surface area contributed by atoms with E-state index < -0.39 is 0 Å². The van der Waals surface area contributed by atoms with Gasteiger partial charge in [-0.15, -0.1) is 24.0 Å². The van der Waals surface area contributed by atoms with Crippen LogP contribution in [-0.4, -0.2) is 56.8 Å². The molecule has 0 aromatic heterocycles. The zero-order valence-electron chi connectivity index (χ0n) is 17.0. The quantitative estimate of drug-likeness (QED) is 0.248. The van der Waals surface area contributed by atoms with Crippen LogP contribution >= 0.6 is 24.0 Å². The third kappa shape index (κ3) is 7.37. The lowest BCUT2D eigenvalue weighted by Crippen LogP contribution is -2.39. The summed E-state index contributed by atoms with van der Waals surface area (Å²) in [5, 5.41) is 6.90. The van der Waals surface area contributed by atoms with E-state index in [1.807, 2.05) is 0 Å². The zero-order valence-corrected chi connectivity index (χ0v) is 19.4. The lowest BCUT2D eigenvalue weighted by atomic mass is 10.1. The Morgan fingerprint density at radius 1 is 1.18 bits per heavy atom. The molecule has 5 nitrogen and oxygen atoms in total. The van der Waals surface area contributed by atoms with E-state index in [4.69, 9.17) is 9.73 Å². The van der Waals surface area contributed by atoms with Crippen LogP contribution in [0.3, 0.4) is 0 Å². The van der Waals surface area contributed by atoms with Crippen molar-refractivity contribution in [3.05, 3.63) is 47.5 Å². The number of nitrogens with zero attached hydrogens (tertiary/aromatic N) is 2. The predicted octanol–water partition coefficient (Wildman–Crippen LogP) is 3.73. The van der Waals surface area contributed by atoms with Crippen LogP contribution in [0, 0.1) is 0 Å². The van der Waals surface area contributed by atoms with Crippen LogP contribution in [0.25, 0.3) is 0 Å². The molecule has 3 rings (SSSR count). The lowest BCUT2D eigenvalue weighted by molar-refractivity contribution is 0.153. The summed E-state index contributed by atoms with van der Waals surface area (Å²) in [4.78, 5) is 7.50. The van der Waals surface area contributed by atoms with Crippen LogP contribution < -0.4 is 10.6 Å². The van der Waals surface area contributed by atoms with Gasteiger partial charge in [0, 0.05) is 13.1 Å². The van der Waals surface area contributed by atoms with E-state index in [-0.39, 0.29) is 24.0 Å². The van der Waals surface area contributed by atoms with Crippen LogP contribution in [0.15, 0.2) is 47.0 Å². The first-order valence-electron chi connectivity index (χ1n) is 10.4. The molecular formula is C22H35IN4O. The third-order valence-corrected chi connectivity index (χ3v) is 5.33. The highest BCUT2D eigenvalue weighted by Gasteiger charge is 2.23. The molecule has 1 fully saturated rings. The highest BCUT2D eigenvalue weighted by Crippen LogP contribution is 2.25. The fourth-order valence-corrected chi connectivity index (χ4v) is 3.81. The topological polar surface area (TPSA) is 48.9 Å². The van der Waals surface area contributed by atoms with Crippen molar-refractivity contribution in [3.8, 4) is 0 Å². The van der Waals surface area contributed by atoms with Gasteiger partial charge >= 0.3 is 0 Å². The van der Waals surface area contributed by atoms with Crippen molar-refractivity contribution in [2.45, 2.75) is 38.6 Å². The fraction of sp³-hybridized carbons (Fsp3) is 0.591. The van der Waals surface area contributed by atoms with E-state index in [0.717, 1.165) is 51.6 Å². The number of ether oxygens (including phenoxy) is 1. The van der Waals surface area contributed by atoms with Gasteiger partial charge in [-0.3, -0.25) is 9.89 Å². The second-order valence-electron chi connectivity index (χ2n) is 7.25. The van der Waals surface area contributed by atoms with E-state index in [2.05, 4.69) is 58.9 Å². The summed E-state index contributed by atoms with van der Waals surface area (Å²) in [5.74, 6) is 0.922. The minimum absolute atomic E-state index is 0. The molecule has 6 heteroatoms. The molecule has 1 unspecified atom stereocenters. The summed E-state index contributed by atoms with van der Waals surface area (Å²) >= 11 is 0. The molecule has 0 amide bonds. The Labute approximate surface area is 187 Å². The van der Waals surface area contributed by atoms with Crippen LogP contribution in [0.5, 0.6) is 0 Å². The van der Waals surface area contributed by atoms with E-state index in [9.17, 15) is 0 Å². The van der Waals surface area contributed by atoms with Gasteiger partial charge in [-0.2, -0.15) is 0 Å². The smallest absolute Gasteiger partial charge is 0.191 e. The second kappa shape index (κ2) is 13.2. The molecule has 156 valence electrons. The first-order valence-corrected chi connectivity index (χ1v) is 10.4. The van der Waals surface area contributed by atoms with Gasteiger partial charge in [0.05, 0.1) is 25.8 Å². The molecule has 0 bridgehead atoms. The average Bonchev–Trinajstić information content (AvgIpc) is 3.24. The minimum atomic E-state index is 0. The van der Waals surface area contributed by atoms with Gasteiger partial charge in [-0.1, -0.05) is 42.0 Å². The molecule has 1 aromatic carbocycles.